The molecule has 2 nitrogen and oxygen atoms in total. The highest BCUT2D eigenvalue weighted by Gasteiger charge is 2.13. The molecule has 1 aliphatic rings. The molecule has 3 heteroatoms. The van der Waals surface area contributed by atoms with Gasteiger partial charge in [-0.05, 0) is 50.2 Å². The lowest BCUT2D eigenvalue weighted by Gasteiger charge is -2.08. The molecule has 15 heavy (non-hydrogen) atoms. The van der Waals surface area contributed by atoms with Crippen LogP contribution in [0, 0.1) is 0 Å². The van der Waals surface area contributed by atoms with Crippen molar-refractivity contribution in [1.82, 2.24) is 0 Å². The summed E-state index contributed by atoms with van der Waals surface area (Å²) in [4.78, 5) is 13.3. The first-order chi connectivity index (χ1) is 7.25. The lowest BCUT2D eigenvalue weighted by Crippen LogP contribution is -1.96. The van der Waals surface area contributed by atoms with Crippen LogP contribution in [0.15, 0.2) is 6.07 Å². The van der Waals surface area contributed by atoms with Gasteiger partial charge in [-0.2, -0.15) is 0 Å². The van der Waals surface area contributed by atoms with Crippen LogP contribution in [0.25, 0.3) is 0 Å². The Morgan fingerprint density at radius 1 is 1.40 bits per heavy atom. The number of aliphatic carboxylic acids is 1. The number of hydrogen-bond acceptors (Lipinski definition) is 2. The Labute approximate surface area is 93.9 Å². The summed E-state index contributed by atoms with van der Waals surface area (Å²) in [6, 6.07) is 2.29. The maximum atomic E-state index is 10.4. The number of thiophene rings is 1. The van der Waals surface area contributed by atoms with E-state index in [1.54, 1.807) is 4.88 Å². The second kappa shape index (κ2) is 4.79. The summed E-state index contributed by atoms with van der Waals surface area (Å²) < 4.78 is 0. The van der Waals surface area contributed by atoms with Crippen molar-refractivity contribution in [2.24, 2.45) is 0 Å². The fraction of sp³-hybridized carbons (Fsp3) is 0.583. The Morgan fingerprint density at radius 2 is 2.20 bits per heavy atom. The molecular weight excluding hydrogens is 208 g/mol. The Bertz CT molecular complexity index is 331. The van der Waals surface area contributed by atoms with Crippen LogP contribution < -0.4 is 0 Å². The highest BCUT2D eigenvalue weighted by molar-refractivity contribution is 7.12. The zero-order valence-corrected chi connectivity index (χ0v) is 9.61. The molecule has 0 aliphatic heterocycles. The fourth-order valence-electron chi connectivity index (χ4n) is 2.09. The smallest absolute Gasteiger partial charge is 0.303 e. The second-order valence-electron chi connectivity index (χ2n) is 4.12. The van der Waals surface area contributed by atoms with Gasteiger partial charge in [0, 0.05) is 16.2 Å². The van der Waals surface area contributed by atoms with E-state index in [9.17, 15) is 4.79 Å². The number of hydrogen-bond donors (Lipinski definition) is 1. The van der Waals surface area contributed by atoms with Crippen molar-refractivity contribution < 1.29 is 9.90 Å². The molecule has 0 atom stereocenters. The van der Waals surface area contributed by atoms with Gasteiger partial charge in [0.1, 0.15) is 0 Å². The highest BCUT2D eigenvalue weighted by Crippen LogP contribution is 2.30. The Kier molecular flexibility index (Phi) is 3.41. The van der Waals surface area contributed by atoms with E-state index in [1.807, 2.05) is 11.3 Å². The summed E-state index contributed by atoms with van der Waals surface area (Å²) in [5.41, 5.74) is 1.52. The van der Waals surface area contributed by atoms with E-state index in [0.29, 0.717) is 6.42 Å². The van der Waals surface area contributed by atoms with Crippen molar-refractivity contribution in [2.75, 3.05) is 0 Å². The van der Waals surface area contributed by atoms with E-state index < -0.39 is 5.97 Å². The zero-order valence-electron chi connectivity index (χ0n) is 8.79. The normalized spacial score (nSPS) is 14.9. The number of aryl methyl sites for hydroxylation is 3. The molecule has 1 aliphatic carbocycles. The van der Waals surface area contributed by atoms with Gasteiger partial charge in [-0.15, -0.1) is 11.3 Å². The van der Waals surface area contributed by atoms with E-state index in [2.05, 4.69) is 6.07 Å². The largest absolute Gasteiger partial charge is 0.481 e. The molecule has 0 radical (unpaired) electrons. The van der Waals surface area contributed by atoms with Gasteiger partial charge in [0.25, 0.3) is 0 Å². The van der Waals surface area contributed by atoms with Crippen LogP contribution in [-0.2, 0) is 24.1 Å². The summed E-state index contributed by atoms with van der Waals surface area (Å²) in [5, 5.41) is 8.56. The van der Waals surface area contributed by atoms with Gasteiger partial charge >= 0.3 is 5.97 Å². The van der Waals surface area contributed by atoms with Crippen LogP contribution in [0.5, 0.6) is 0 Å². The molecule has 0 spiro atoms. The zero-order chi connectivity index (χ0) is 10.7. The summed E-state index contributed by atoms with van der Waals surface area (Å²) >= 11 is 1.89. The lowest BCUT2D eigenvalue weighted by molar-refractivity contribution is -0.137. The number of rotatable bonds is 4. The minimum atomic E-state index is -0.684. The predicted octanol–water partition coefficient (Wildman–Crippen LogP) is 3.03. The Balaban J connectivity index is 1.92. The molecule has 1 aromatic rings. The molecule has 0 fully saturated rings. The van der Waals surface area contributed by atoms with Gasteiger partial charge in [0.15, 0.2) is 0 Å². The topological polar surface area (TPSA) is 37.3 Å². The lowest BCUT2D eigenvalue weighted by atomic mass is 9.99. The van der Waals surface area contributed by atoms with E-state index >= 15 is 0 Å². The Hall–Kier alpha value is -0.830. The monoisotopic (exact) mass is 224 g/mol. The van der Waals surface area contributed by atoms with Gasteiger partial charge in [-0.3, -0.25) is 4.79 Å². The standard InChI is InChI=1S/C12H16O2S/c13-12(14)7-3-5-10-8-9-4-1-2-6-11(9)15-10/h8H,1-7H2,(H,13,14). The molecule has 2 rings (SSSR count). The van der Waals surface area contributed by atoms with Crippen LogP contribution in [0.3, 0.4) is 0 Å². The van der Waals surface area contributed by atoms with Gasteiger partial charge in [0.05, 0.1) is 0 Å². The third-order valence-electron chi connectivity index (χ3n) is 2.86. The molecule has 0 saturated carbocycles. The van der Waals surface area contributed by atoms with Crippen LogP contribution in [0.2, 0.25) is 0 Å². The summed E-state index contributed by atoms with van der Waals surface area (Å²) in [6.45, 7) is 0. The molecule has 1 N–H and O–H groups in total. The summed E-state index contributed by atoms with van der Waals surface area (Å²) in [5.74, 6) is -0.684. The number of carboxylic acid groups (broad SMARTS) is 1. The molecule has 0 unspecified atom stereocenters. The minimum Gasteiger partial charge on any atom is -0.481 e. The maximum absolute atomic E-state index is 10.4. The maximum Gasteiger partial charge on any atom is 0.303 e. The SMILES string of the molecule is O=C(O)CCCc1cc2c(s1)CCCC2. The van der Waals surface area contributed by atoms with Gasteiger partial charge in [-0.1, -0.05) is 0 Å². The van der Waals surface area contributed by atoms with Crippen molar-refractivity contribution in [3.8, 4) is 0 Å². The second-order valence-corrected chi connectivity index (χ2v) is 5.34. The van der Waals surface area contributed by atoms with Crippen LogP contribution in [0.4, 0.5) is 0 Å². The molecule has 82 valence electrons. The third kappa shape index (κ3) is 2.81. The first kappa shape index (κ1) is 10.7. The van der Waals surface area contributed by atoms with E-state index in [-0.39, 0.29) is 0 Å². The van der Waals surface area contributed by atoms with Crippen molar-refractivity contribution >= 4 is 17.3 Å². The van der Waals surface area contributed by atoms with E-state index in [0.717, 1.165) is 12.8 Å². The average Bonchev–Trinajstić information content (AvgIpc) is 2.59. The van der Waals surface area contributed by atoms with Crippen LogP contribution in [0.1, 0.15) is 41.0 Å². The number of carboxylic acids is 1. The van der Waals surface area contributed by atoms with Crippen molar-refractivity contribution in [3.63, 3.8) is 0 Å². The first-order valence-corrected chi connectivity index (χ1v) is 6.39. The van der Waals surface area contributed by atoms with Crippen molar-refractivity contribution in [3.05, 3.63) is 21.4 Å². The van der Waals surface area contributed by atoms with Crippen LogP contribution in [-0.4, -0.2) is 11.1 Å². The molecule has 1 aromatic heterocycles. The highest BCUT2D eigenvalue weighted by atomic mass is 32.1. The summed E-state index contributed by atoms with van der Waals surface area (Å²) in [7, 11) is 0. The third-order valence-corrected chi connectivity index (χ3v) is 4.16. The molecule has 0 saturated heterocycles. The van der Waals surface area contributed by atoms with Crippen molar-refractivity contribution in [1.29, 1.82) is 0 Å². The molecule has 1 heterocycles. The Morgan fingerprint density at radius 3 is 2.93 bits per heavy atom. The molecule has 0 amide bonds. The number of fused-ring (bicyclic) bond motifs is 1. The van der Waals surface area contributed by atoms with Gasteiger partial charge in [0.2, 0.25) is 0 Å². The number of carbonyl (C=O) groups is 1. The van der Waals surface area contributed by atoms with Gasteiger partial charge < -0.3 is 5.11 Å². The molecular formula is C12H16O2S. The van der Waals surface area contributed by atoms with Gasteiger partial charge in [-0.25, -0.2) is 0 Å². The quantitative estimate of drug-likeness (QED) is 0.853. The fourth-order valence-corrected chi connectivity index (χ4v) is 3.39. The molecule has 0 aromatic carbocycles. The predicted molar refractivity (Wildman–Crippen MR) is 61.5 cm³/mol. The molecule has 0 bridgehead atoms. The van der Waals surface area contributed by atoms with Crippen molar-refractivity contribution in [2.45, 2.75) is 44.9 Å². The average molecular weight is 224 g/mol. The van der Waals surface area contributed by atoms with E-state index in [4.69, 9.17) is 5.11 Å². The van der Waals surface area contributed by atoms with Crippen LogP contribution >= 0.6 is 11.3 Å². The van der Waals surface area contributed by atoms with E-state index in [1.165, 1.54) is 36.1 Å². The summed E-state index contributed by atoms with van der Waals surface area (Å²) in [6.07, 6.45) is 7.10. The first-order valence-electron chi connectivity index (χ1n) is 5.58. The minimum absolute atomic E-state index is 0.294.